The van der Waals surface area contributed by atoms with Gasteiger partial charge in [0.05, 0.1) is 5.92 Å². The first kappa shape index (κ1) is 23.3. The van der Waals surface area contributed by atoms with Crippen molar-refractivity contribution >= 4 is 11.9 Å². The number of halogens is 1. The average molecular weight is 414 g/mol. The van der Waals surface area contributed by atoms with Crippen LogP contribution in [0.25, 0.3) is 11.1 Å². The van der Waals surface area contributed by atoms with Crippen LogP contribution in [0.1, 0.15) is 46.3 Å². The van der Waals surface area contributed by atoms with Gasteiger partial charge in [-0.2, -0.15) is 0 Å². The summed E-state index contributed by atoms with van der Waals surface area (Å²) in [5.74, 6) is -1.50. The van der Waals surface area contributed by atoms with Crippen molar-refractivity contribution in [2.24, 2.45) is 5.92 Å². The van der Waals surface area contributed by atoms with Crippen LogP contribution in [0, 0.1) is 11.7 Å². The number of hydrogen-bond acceptors (Lipinski definition) is 5. The Bertz CT molecular complexity index is 939. The quantitative estimate of drug-likeness (QED) is 0.393. The SMILES string of the molecule is C=C(C)C(=O)OC(c1ccc(-c2ccc(OC(=O)C(C)C)cc2)cc1F)C(C)(C)O. The summed E-state index contributed by atoms with van der Waals surface area (Å²) in [6.45, 7) is 11.4. The third-order valence-electron chi connectivity index (χ3n) is 4.38. The molecule has 0 fully saturated rings. The van der Waals surface area contributed by atoms with Crippen LogP contribution < -0.4 is 4.74 Å². The van der Waals surface area contributed by atoms with Crippen molar-refractivity contribution in [3.05, 3.63) is 66.0 Å². The van der Waals surface area contributed by atoms with Crippen LogP contribution in [0.3, 0.4) is 0 Å². The molecule has 0 amide bonds. The van der Waals surface area contributed by atoms with Gasteiger partial charge in [0.1, 0.15) is 17.2 Å². The second-order valence-electron chi connectivity index (χ2n) is 8.06. The molecule has 1 unspecified atom stereocenters. The highest BCUT2D eigenvalue weighted by atomic mass is 19.1. The molecule has 2 aromatic rings. The van der Waals surface area contributed by atoms with E-state index < -0.39 is 23.5 Å². The summed E-state index contributed by atoms with van der Waals surface area (Å²) in [6, 6.07) is 11.1. The maximum atomic E-state index is 14.9. The molecule has 0 aliphatic rings. The molecule has 0 saturated heterocycles. The normalized spacial score (nSPS) is 12.4. The fourth-order valence-electron chi connectivity index (χ4n) is 2.66. The van der Waals surface area contributed by atoms with E-state index in [-0.39, 0.29) is 23.0 Å². The van der Waals surface area contributed by atoms with E-state index >= 15 is 0 Å². The van der Waals surface area contributed by atoms with Gasteiger partial charge in [-0.25, -0.2) is 9.18 Å². The molecule has 5 nitrogen and oxygen atoms in total. The predicted molar refractivity (Wildman–Crippen MR) is 112 cm³/mol. The number of aliphatic hydroxyl groups is 1. The van der Waals surface area contributed by atoms with E-state index in [1.54, 1.807) is 44.2 Å². The van der Waals surface area contributed by atoms with Crippen molar-refractivity contribution in [3.8, 4) is 16.9 Å². The molecular formula is C24H27FO5. The van der Waals surface area contributed by atoms with Gasteiger partial charge in [0.25, 0.3) is 0 Å². The summed E-state index contributed by atoms with van der Waals surface area (Å²) in [5.41, 5.74) is 0.000178. The fourth-order valence-corrected chi connectivity index (χ4v) is 2.66. The number of hydrogen-bond donors (Lipinski definition) is 1. The first-order valence-corrected chi connectivity index (χ1v) is 9.60. The largest absolute Gasteiger partial charge is 0.451 e. The highest BCUT2D eigenvalue weighted by molar-refractivity contribution is 5.87. The van der Waals surface area contributed by atoms with Gasteiger partial charge in [-0.1, -0.05) is 44.7 Å². The lowest BCUT2D eigenvalue weighted by Crippen LogP contribution is -2.33. The molecule has 0 aliphatic heterocycles. The number of rotatable bonds is 7. The summed E-state index contributed by atoms with van der Waals surface area (Å²) in [5, 5.41) is 10.4. The third kappa shape index (κ3) is 5.76. The standard InChI is InChI=1S/C24H27FO5/c1-14(2)22(26)29-18-10-7-16(8-11-18)17-9-12-19(20(25)13-17)21(24(5,6)28)30-23(27)15(3)4/h7-14,21,28H,3H2,1-2,4-6H3. The lowest BCUT2D eigenvalue weighted by molar-refractivity contribution is -0.158. The first-order valence-electron chi connectivity index (χ1n) is 9.60. The maximum Gasteiger partial charge on any atom is 0.333 e. The number of esters is 2. The Morgan fingerprint density at radius 1 is 1.07 bits per heavy atom. The average Bonchev–Trinajstić information content (AvgIpc) is 2.65. The minimum absolute atomic E-state index is 0.0586. The topological polar surface area (TPSA) is 72.8 Å². The lowest BCUT2D eigenvalue weighted by Gasteiger charge is -2.29. The summed E-state index contributed by atoms with van der Waals surface area (Å²) >= 11 is 0. The fraction of sp³-hybridized carbons (Fsp3) is 0.333. The Labute approximate surface area is 176 Å². The van der Waals surface area contributed by atoms with E-state index in [0.29, 0.717) is 16.9 Å². The maximum absolute atomic E-state index is 14.9. The Hall–Kier alpha value is -2.99. The zero-order chi connectivity index (χ0) is 22.6. The van der Waals surface area contributed by atoms with Gasteiger partial charge in [-0.3, -0.25) is 4.79 Å². The third-order valence-corrected chi connectivity index (χ3v) is 4.38. The van der Waals surface area contributed by atoms with Crippen LogP contribution >= 0.6 is 0 Å². The van der Waals surface area contributed by atoms with E-state index in [1.165, 1.54) is 32.9 Å². The van der Waals surface area contributed by atoms with Crippen molar-refractivity contribution in [2.75, 3.05) is 0 Å². The molecule has 1 N–H and O–H groups in total. The number of benzene rings is 2. The Morgan fingerprint density at radius 3 is 2.10 bits per heavy atom. The van der Waals surface area contributed by atoms with Crippen LogP contribution in [0.15, 0.2) is 54.6 Å². The zero-order valence-electron chi connectivity index (χ0n) is 17.9. The summed E-state index contributed by atoms with van der Waals surface area (Å²) in [4.78, 5) is 23.6. The molecule has 0 heterocycles. The van der Waals surface area contributed by atoms with Crippen LogP contribution in [0.5, 0.6) is 5.75 Å². The second-order valence-corrected chi connectivity index (χ2v) is 8.06. The molecule has 0 saturated carbocycles. The molecule has 2 rings (SSSR count). The molecule has 160 valence electrons. The van der Waals surface area contributed by atoms with Gasteiger partial charge in [0, 0.05) is 11.1 Å². The Morgan fingerprint density at radius 2 is 1.63 bits per heavy atom. The molecule has 30 heavy (non-hydrogen) atoms. The van der Waals surface area contributed by atoms with Gasteiger partial charge >= 0.3 is 11.9 Å². The zero-order valence-corrected chi connectivity index (χ0v) is 17.9. The van der Waals surface area contributed by atoms with Gasteiger partial charge in [0.15, 0.2) is 6.10 Å². The van der Waals surface area contributed by atoms with Gasteiger partial charge in [-0.15, -0.1) is 0 Å². The van der Waals surface area contributed by atoms with Crippen molar-refractivity contribution in [1.82, 2.24) is 0 Å². The van der Waals surface area contributed by atoms with E-state index in [1.807, 2.05) is 0 Å². The van der Waals surface area contributed by atoms with E-state index in [4.69, 9.17) is 9.47 Å². The van der Waals surface area contributed by atoms with E-state index in [0.717, 1.165) is 0 Å². The minimum atomic E-state index is -1.50. The second kappa shape index (κ2) is 9.22. The van der Waals surface area contributed by atoms with Crippen LogP contribution in [-0.4, -0.2) is 22.6 Å². The smallest absolute Gasteiger partial charge is 0.333 e. The molecule has 0 radical (unpaired) electrons. The van der Waals surface area contributed by atoms with Crippen molar-refractivity contribution in [2.45, 2.75) is 46.3 Å². The highest BCUT2D eigenvalue weighted by Gasteiger charge is 2.34. The number of carbonyl (C=O) groups excluding carboxylic acids is 2. The lowest BCUT2D eigenvalue weighted by atomic mass is 9.92. The first-order chi connectivity index (χ1) is 13.9. The predicted octanol–water partition coefficient (Wildman–Crippen LogP) is 4.99. The molecule has 1 atom stereocenters. The van der Waals surface area contributed by atoms with Crippen molar-refractivity contribution < 1.29 is 28.6 Å². The minimum Gasteiger partial charge on any atom is -0.451 e. The monoisotopic (exact) mass is 414 g/mol. The molecule has 0 aliphatic carbocycles. The van der Waals surface area contributed by atoms with E-state index in [2.05, 4.69) is 6.58 Å². The molecule has 2 aromatic carbocycles. The van der Waals surface area contributed by atoms with E-state index in [9.17, 15) is 19.1 Å². The molecular weight excluding hydrogens is 387 g/mol. The molecule has 0 spiro atoms. The van der Waals surface area contributed by atoms with Gasteiger partial charge in [0.2, 0.25) is 0 Å². The molecule has 6 heteroatoms. The summed E-state index contributed by atoms with van der Waals surface area (Å²) in [7, 11) is 0. The molecule has 0 aromatic heterocycles. The van der Waals surface area contributed by atoms with Gasteiger partial charge < -0.3 is 14.6 Å². The van der Waals surface area contributed by atoms with Crippen LogP contribution in [-0.2, 0) is 14.3 Å². The van der Waals surface area contributed by atoms with Crippen molar-refractivity contribution in [3.63, 3.8) is 0 Å². The Balaban J connectivity index is 2.30. The highest BCUT2D eigenvalue weighted by Crippen LogP contribution is 2.34. The van der Waals surface area contributed by atoms with Crippen molar-refractivity contribution in [1.29, 1.82) is 0 Å². The summed E-state index contributed by atoms with van der Waals surface area (Å²) in [6.07, 6.45) is -1.20. The van der Waals surface area contributed by atoms with Crippen LogP contribution in [0.4, 0.5) is 4.39 Å². The summed E-state index contributed by atoms with van der Waals surface area (Å²) < 4.78 is 25.4. The molecule has 0 bridgehead atoms. The van der Waals surface area contributed by atoms with Crippen LogP contribution in [0.2, 0.25) is 0 Å². The van der Waals surface area contributed by atoms with Gasteiger partial charge in [-0.05, 0) is 50.1 Å². The number of carbonyl (C=O) groups is 2. The Kier molecular flexibility index (Phi) is 7.16. The number of ether oxygens (including phenoxy) is 2.